The van der Waals surface area contributed by atoms with E-state index in [1.54, 1.807) is 11.0 Å². The second-order valence-corrected chi connectivity index (χ2v) is 5.52. The van der Waals surface area contributed by atoms with Crippen molar-refractivity contribution in [3.05, 3.63) is 34.0 Å². The molecule has 3 heterocycles. The van der Waals surface area contributed by atoms with Gasteiger partial charge in [0.1, 0.15) is 4.83 Å². The minimum Gasteiger partial charge on any atom is -0.368 e. The third-order valence-electron chi connectivity index (χ3n) is 2.85. The molecule has 0 amide bonds. The van der Waals surface area contributed by atoms with Crippen molar-refractivity contribution in [1.29, 1.82) is 0 Å². The third-order valence-corrected chi connectivity index (χ3v) is 3.67. The van der Waals surface area contributed by atoms with Gasteiger partial charge in [-0.15, -0.1) is 11.3 Å². The highest BCUT2D eigenvalue weighted by molar-refractivity contribution is 7.16. The zero-order chi connectivity index (χ0) is 15.0. The minimum absolute atomic E-state index is 0.119. The van der Waals surface area contributed by atoms with Crippen LogP contribution in [0.25, 0.3) is 10.2 Å². The van der Waals surface area contributed by atoms with Crippen LogP contribution in [-0.2, 0) is 6.54 Å². The van der Waals surface area contributed by atoms with E-state index in [0.29, 0.717) is 17.2 Å². The highest BCUT2D eigenvalue weighted by Crippen LogP contribution is 2.13. The first-order chi connectivity index (χ1) is 10.0. The molecule has 0 bridgehead atoms. The highest BCUT2D eigenvalue weighted by atomic mass is 32.1. The molecule has 0 aliphatic rings. The summed E-state index contributed by atoms with van der Waals surface area (Å²) in [6, 6.07) is 1.76. The number of hydrogen-bond acceptors (Lipinski definition) is 8. The van der Waals surface area contributed by atoms with Gasteiger partial charge in [-0.2, -0.15) is 15.0 Å². The second kappa shape index (κ2) is 5.09. The largest absolute Gasteiger partial charge is 0.368 e. The van der Waals surface area contributed by atoms with Crippen LogP contribution in [0.3, 0.4) is 0 Å². The van der Waals surface area contributed by atoms with E-state index in [1.165, 1.54) is 22.2 Å². The van der Waals surface area contributed by atoms with E-state index in [1.807, 2.05) is 19.5 Å². The summed E-state index contributed by atoms with van der Waals surface area (Å²) < 4.78 is 1.46. The first kappa shape index (κ1) is 13.4. The number of hydrogen-bond donors (Lipinski definition) is 1. The standard InChI is InChI=1S/C12H13N7OS/c1-18(2)12-16-8(15-11(13)17-12)5-19-6-14-9-7(10(19)20)3-4-21-9/h3-4,6H,5H2,1-2H3,(H2,13,15,16,17). The van der Waals surface area contributed by atoms with Crippen LogP contribution in [0.5, 0.6) is 0 Å². The molecule has 0 atom stereocenters. The SMILES string of the molecule is CN(C)c1nc(N)nc(Cn2cnc3sccc3c2=O)n1. The van der Waals surface area contributed by atoms with Gasteiger partial charge in [-0.25, -0.2) is 4.98 Å². The Balaban J connectivity index is 2.02. The average Bonchev–Trinajstić information content (AvgIpc) is 2.90. The summed E-state index contributed by atoms with van der Waals surface area (Å²) in [4.78, 5) is 31.4. The number of nitrogens with zero attached hydrogens (tertiary/aromatic N) is 6. The van der Waals surface area contributed by atoms with Crippen LogP contribution < -0.4 is 16.2 Å². The van der Waals surface area contributed by atoms with Crippen LogP contribution in [0, 0.1) is 0 Å². The van der Waals surface area contributed by atoms with Crippen molar-refractivity contribution >= 4 is 33.5 Å². The molecule has 2 N–H and O–H groups in total. The van der Waals surface area contributed by atoms with Crippen molar-refractivity contribution in [2.75, 3.05) is 24.7 Å². The Labute approximate surface area is 123 Å². The molecule has 21 heavy (non-hydrogen) atoms. The smallest absolute Gasteiger partial charge is 0.262 e. The topological polar surface area (TPSA) is 103 Å². The minimum atomic E-state index is -0.119. The van der Waals surface area contributed by atoms with E-state index in [-0.39, 0.29) is 18.1 Å². The van der Waals surface area contributed by atoms with Crippen LogP contribution >= 0.6 is 11.3 Å². The maximum absolute atomic E-state index is 12.3. The summed E-state index contributed by atoms with van der Waals surface area (Å²) in [5.41, 5.74) is 5.55. The molecule has 3 rings (SSSR count). The molecule has 0 saturated heterocycles. The molecule has 9 heteroatoms. The Morgan fingerprint density at radius 2 is 2.14 bits per heavy atom. The maximum atomic E-state index is 12.3. The molecule has 0 unspecified atom stereocenters. The Morgan fingerprint density at radius 3 is 2.90 bits per heavy atom. The van der Waals surface area contributed by atoms with Gasteiger partial charge >= 0.3 is 0 Å². The Hall–Kier alpha value is -2.55. The molecule has 0 aliphatic heterocycles. The summed E-state index contributed by atoms with van der Waals surface area (Å²) in [7, 11) is 3.62. The van der Waals surface area contributed by atoms with Crippen LogP contribution in [0.15, 0.2) is 22.6 Å². The monoisotopic (exact) mass is 303 g/mol. The number of nitrogen functional groups attached to an aromatic ring is 1. The lowest BCUT2D eigenvalue weighted by Crippen LogP contribution is -2.23. The fraction of sp³-hybridized carbons (Fsp3) is 0.250. The quantitative estimate of drug-likeness (QED) is 0.744. The van der Waals surface area contributed by atoms with Crippen molar-refractivity contribution in [3.8, 4) is 0 Å². The molecule has 0 saturated carbocycles. The van der Waals surface area contributed by atoms with Crippen LogP contribution in [0.4, 0.5) is 11.9 Å². The third kappa shape index (κ3) is 2.55. The number of rotatable bonds is 3. The van der Waals surface area contributed by atoms with Crippen molar-refractivity contribution in [3.63, 3.8) is 0 Å². The lowest BCUT2D eigenvalue weighted by molar-refractivity contribution is 0.701. The lowest BCUT2D eigenvalue weighted by atomic mass is 10.4. The van der Waals surface area contributed by atoms with Crippen LogP contribution in [0.2, 0.25) is 0 Å². The molecule has 0 radical (unpaired) electrons. The summed E-state index contributed by atoms with van der Waals surface area (Å²) >= 11 is 1.43. The van der Waals surface area contributed by atoms with Gasteiger partial charge < -0.3 is 10.6 Å². The van der Waals surface area contributed by atoms with E-state index < -0.39 is 0 Å². The summed E-state index contributed by atoms with van der Waals surface area (Å²) in [6.45, 7) is 0.200. The number of nitrogens with two attached hydrogens (primary N) is 1. The Bertz CT molecular complexity index is 854. The normalized spacial score (nSPS) is 11.0. The van der Waals surface area contributed by atoms with E-state index in [2.05, 4.69) is 19.9 Å². The van der Waals surface area contributed by atoms with Crippen molar-refractivity contribution in [2.45, 2.75) is 6.54 Å². The van der Waals surface area contributed by atoms with E-state index in [9.17, 15) is 4.79 Å². The van der Waals surface area contributed by atoms with Crippen LogP contribution in [-0.4, -0.2) is 38.6 Å². The van der Waals surface area contributed by atoms with E-state index in [0.717, 1.165) is 4.83 Å². The predicted molar refractivity (Wildman–Crippen MR) is 81.5 cm³/mol. The number of aromatic nitrogens is 5. The van der Waals surface area contributed by atoms with Gasteiger partial charge in [-0.05, 0) is 11.4 Å². The zero-order valence-corrected chi connectivity index (χ0v) is 12.3. The number of thiophene rings is 1. The number of fused-ring (bicyclic) bond motifs is 1. The van der Waals surface area contributed by atoms with Gasteiger partial charge in [-0.3, -0.25) is 9.36 Å². The molecule has 3 aromatic heterocycles. The lowest BCUT2D eigenvalue weighted by Gasteiger charge is -2.11. The van der Waals surface area contributed by atoms with E-state index in [4.69, 9.17) is 5.73 Å². The van der Waals surface area contributed by atoms with Crippen molar-refractivity contribution < 1.29 is 0 Å². The average molecular weight is 303 g/mol. The highest BCUT2D eigenvalue weighted by Gasteiger charge is 2.10. The Kier molecular flexibility index (Phi) is 3.26. The molecule has 8 nitrogen and oxygen atoms in total. The fourth-order valence-electron chi connectivity index (χ4n) is 1.85. The van der Waals surface area contributed by atoms with E-state index >= 15 is 0 Å². The number of anilines is 2. The molecule has 0 fully saturated rings. The molecule has 3 aromatic rings. The van der Waals surface area contributed by atoms with Gasteiger partial charge in [0.2, 0.25) is 11.9 Å². The molecular weight excluding hydrogens is 290 g/mol. The first-order valence-electron chi connectivity index (χ1n) is 6.15. The molecule has 0 aromatic carbocycles. The van der Waals surface area contributed by atoms with Gasteiger partial charge in [0.15, 0.2) is 5.82 Å². The summed E-state index contributed by atoms with van der Waals surface area (Å²) in [5, 5.41) is 2.44. The second-order valence-electron chi connectivity index (χ2n) is 4.62. The molecule has 0 spiro atoms. The zero-order valence-electron chi connectivity index (χ0n) is 11.5. The van der Waals surface area contributed by atoms with Gasteiger partial charge in [-0.1, -0.05) is 0 Å². The Morgan fingerprint density at radius 1 is 1.33 bits per heavy atom. The van der Waals surface area contributed by atoms with Gasteiger partial charge in [0.05, 0.1) is 18.3 Å². The maximum Gasteiger partial charge on any atom is 0.262 e. The first-order valence-corrected chi connectivity index (χ1v) is 7.03. The molecule has 108 valence electrons. The van der Waals surface area contributed by atoms with Crippen molar-refractivity contribution in [1.82, 2.24) is 24.5 Å². The van der Waals surface area contributed by atoms with Crippen LogP contribution in [0.1, 0.15) is 5.82 Å². The van der Waals surface area contributed by atoms with Gasteiger partial charge in [0.25, 0.3) is 5.56 Å². The molecular formula is C12H13N7OS. The van der Waals surface area contributed by atoms with Crippen molar-refractivity contribution in [2.24, 2.45) is 0 Å². The summed E-state index contributed by atoms with van der Waals surface area (Å²) in [6.07, 6.45) is 1.50. The molecule has 0 aliphatic carbocycles. The fourth-order valence-corrected chi connectivity index (χ4v) is 2.58. The van der Waals surface area contributed by atoms with Gasteiger partial charge in [0, 0.05) is 14.1 Å². The summed E-state index contributed by atoms with van der Waals surface area (Å²) in [5.74, 6) is 1.00. The predicted octanol–water partition coefficient (Wildman–Crippen LogP) is 0.339.